The number of nitrogens with one attached hydrogen (secondary N) is 2. The summed E-state index contributed by atoms with van der Waals surface area (Å²) < 4.78 is 0. The SMILES string of the molecule is O=C(O)CCNC(=O)C1CC(Cc2ccc3c(n2)NCCC3)C1. The molecule has 1 saturated carbocycles. The molecule has 1 aliphatic carbocycles. The largest absolute Gasteiger partial charge is 0.481 e. The standard InChI is InChI=1S/C17H23N3O3/c21-15(22)5-7-19-17(23)13-8-11(9-13)10-14-4-3-12-2-1-6-18-16(12)20-14/h3-4,11,13H,1-2,5-10H2,(H,18,20)(H,19,23)(H,21,22). The molecular formula is C17H23N3O3. The first-order valence-corrected chi connectivity index (χ1v) is 8.34. The zero-order chi connectivity index (χ0) is 16.2. The average molecular weight is 317 g/mol. The van der Waals surface area contributed by atoms with Crippen LogP contribution in [0, 0.1) is 11.8 Å². The zero-order valence-corrected chi connectivity index (χ0v) is 13.2. The fraction of sp³-hybridized carbons (Fsp3) is 0.588. The highest BCUT2D eigenvalue weighted by molar-refractivity contribution is 5.80. The third-order valence-corrected chi connectivity index (χ3v) is 4.69. The first-order chi connectivity index (χ1) is 11.1. The number of aromatic nitrogens is 1. The van der Waals surface area contributed by atoms with Crippen molar-refractivity contribution >= 4 is 17.7 Å². The van der Waals surface area contributed by atoms with Crippen molar-refractivity contribution in [3.05, 3.63) is 23.4 Å². The van der Waals surface area contributed by atoms with Crippen molar-refractivity contribution in [3.8, 4) is 0 Å². The van der Waals surface area contributed by atoms with Gasteiger partial charge in [-0.25, -0.2) is 4.98 Å². The number of nitrogens with zero attached hydrogens (tertiary/aromatic N) is 1. The Morgan fingerprint density at radius 3 is 2.96 bits per heavy atom. The number of carbonyl (C=O) groups excluding carboxylic acids is 1. The Morgan fingerprint density at radius 2 is 2.17 bits per heavy atom. The summed E-state index contributed by atoms with van der Waals surface area (Å²) in [6.07, 6.45) is 4.88. The van der Waals surface area contributed by atoms with E-state index in [9.17, 15) is 9.59 Å². The number of fused-ring (bicyclic) bond motifs is 1. The summed E-state index contributed by atoms with van der Waals surface area (Å²) in [5, 5.41) is 14.6. The van der Waals surface area contributed by atoms with Gasteiger partial charge in [-0.2, -0.15) is 0 Å². The second kappa shape index (κ2) is 6.98. The number of anilines is 1. The average Bonchev–Trinajstić information content (AvgIpc) is 2.49. The molecule has 0 bridgehead atoms. The fourth-order valence-electron chi connectivity index (χ4n) is 3.33. The molecule has 0 spiro atoms. The van der Waals surface area contributed by atoms with Crippen LogP contribution in [0.3, 0.4) is 0 Å². The number of pyridine rings is 1. The molecule has 1 aromatic rings. The lowest BCUT2D eigenvalue weighted by Crippen LogP contribution is -2.40. The molecule has 6 nitrogen and oxygen atoms in total. The van der Waals surface area contributed by atoms with E-state index in [0.717, 1.165) is 50.2 Å². The number of carbonyl (C=O) groups is 2. The van der Waals surface area contributed by atoms with Crippen LogP contribution in [0.15, 0.2) is 12.1 Å². The van der Waals surface area contributed by atoms with Crippen molar-refractivity contribution in [2.45, 2.75) is 38.5 Å². The number of carboxylic acid groups (broad SMARTS) is 1. The van der Waals surface area contributed by atoms with E-state index in [2.05, 4.69) is 22.8 Å². The van der Waals surface area contributed by atoms with Crippen molar-refractivity contribution < 1.29 is 14.7 Å². The Hall–Kier alpha value is -2.11. The van der Waals surface area contributed by atoms with Gasteiger partial charge < -0.3 is 15.7 Å². The highest BCUT2D eigenvalue weighted by atomic mass is 16.4. The van der Waals surface area contributed by atoms with Crippen LogP contribution in [0.4, 0.5) is 5.82 Å². The second-order valence-electron chi connectivity index (χ2n) is 6.51. The number of hydrogen-bond acceptors (Lipinski definition) is 4. The van der Waals surface area contributed by atoms with Crippen molar-refractivity contribution in [1.82, 2.24) is 10.3 Å². The zero-order valence-electron chi connectivity index (χ0n) is 13.2. The van der Waals surface area contributed by atoms with Crippen LogP contribution in [-0.2, 0) is 22.4 Å². The van der Waals surface area contributed by atoms with Gasteiger partial charge in [-0.05, 0) is 49.7 Å². The maximum absolute atomic E-state index is 11.9. The van der Waals surface area contributed by atoms with E-state index < -0.39 is 5.97 Å². The van der Waals surface area contributed by atoms with Crippen LogP contribution in [0.5, 0.6) is 0 Å². The van der Waals surface area contributed by atoms with Crippen molar-refractivity contribution in [2.24, 2.45) is 11.8 Å². The molecule has 1 fully saturated rings. The van der Waals surface area contributed by atoms with Crippen LogP contribution in [0.2, 0.25) is 0 Å². The van der Waals surface area contributed by atoms with Crippen molar-refractivity contribution in [1.29, 1.82) is 0 Å². The molecule has 0 radical (unpaired) electrons. The van der Waals surface area contributed by atoms with E-state index >= 15 is 0 Å². The summed E-state index contributed by atoms with van der Waals surface area (Å²) in [7, 11) is 0. The Morgan fingerprint density at radius 1 is 1.35 bits per heavy atom. The van der Waals surface area contributed by atoms with Crippen molar-refractivity contribution in [3.63, 3.8) is 0 Å². The van der Waals surface area contributed by atoms with E-state index in [1.165, 1.54) is 5.56 Å². The first-order valence-electron chi connectivity index (χ1n) is 8.34. The van der Waals surface area contributed by atoms with Crippen LogP contribution in [-0.4, -0.2) is 35.1 Å². The summed E-state index contributed by atoms with van der Waals surface area (Å²) in [5.41, 5.74) is 2.39. The lowest BCUT2D eigenvalue weighted by Gasteiger charge is -2.34. The van der Waals surface area contributed by atoms with E-state index in [-0.39, 0.29) is 24.8 Å². The highest BCUT2D eigenvalue weighted by Gasteiger charge is 2.34. The van der Waals surface area contributed by atoms with Gasteiger partial charge in [-0.1, -0.05) is 6.07 Å². The summed E-state index contributed by atoms with van der Waals surface area (Å²) in [6.45, 7) is 1.21. The maximum Gasteiger partial charge on any atom is 0.305 e. The van der Waals surface area contributed by atoms with Crippen LogP contribution in [0.25, 0.3) is 0 Å². The quantitative estimate of drug-likeness (QED) is 0.741. The molecule has 1 amide bonds. The Labute approximate surface area is 135 Å². The minimum atomic E-state index is -0.885. The minimum absolute atomic E-state index is 0.0115. The summed E-state index contributed by atoms with van der Waals surface area (Å²) in [4.78, 5) is 27.0. The van der Waals surface area contributed by atoms with Crippen LogP contribution >= 0.6 is 0 Å². The van der Waals surface area contributed by atoms with Gasteiger partial charge >= 0.3 is 5.97 Å². The first kappa shape index (κ1) is 15.8. The smallest absolute Gasteiger partial charge is 0.305 e. The van der Waals surface area contributed by atoms with E-state index in [1.807, 2.05) is 0 Å². The molecule has 0 unspecified atom stereocenters. The van der Waals surface area contributed by atoms with Gasteiger partial charge in [0.15, 0.2) is 0 Å². The summed E-state index contributed by atoms with van der Waals surface area (Å²) >= 11 is 0. The third kappa shape index (κ3) is 4.00. The molecule has 0 saturated heterocycles. The highest BCUT2D eigenvalue weighted by Crippen LogP contribution is 2.36. The predicted molar refractivity (Wildman–Crippen MR) is 86.2 cm³/mol. The second-order valence-corrected chi connectivity index (χ2v) is 6.51. The molecule has 124 valence electrons. The Kier molecular flexibility index (Phi) is 4.79. The van der Waals surface area contributed by atoms with Crippen LogP contribution < -0.4 is 10.6 Å². The number of hydrogen-bond donors (Lipinski definition) is 3. The van der Waals surface area contributed by atoms with Gasteiger partial charge in [0.25, 0.3) is 0 Å². The van der Waals surface area contributed by atoms with E-state index in [4.69, 9.17) is 10.1 Å². The molecule has 2 aliphatic rings. The third-order valence-electron chi connectivity index (χ3n) is 4.69. The van der Waals surface area contributed by atoms with Gasteiger partial charge in [-0.3, -0.25) is 9.59 Å². The fourth-order valence-corrected chi connectivity index (χ4v) is 3.33. The predicted octanol–water partition coefficient (Wildman–Crippen LogP) is 1.60. The minimum Gasteiger partial charge on any atom is -0.481 e. The normalized spacial score (nSPS) is 22.4. The lowest BCUT2D eigenvalue weighted by atomic mass is 9.72. The molecule has 3 rings (SSSR count). The molecule has 0 atom stereocenters. The Balaban J connectivity index is 1.43. The molecule has 6 heteroatoms. The molecule has 0 aromatic carbocycles. The van der Waals surface area contributed by atoms with E-state index in [0.29, 0.717) is 5.92 Å². The van der Waals surface area contributed by atoms with Gasteiger partial charge in [0.2, 0.25) is 5.91 Å². The van der Waals surface area contributed by atoms with Crippen LogP contribution in [0.1, 0.15) is 36.9 Å². The van der Waals surface area contributed by atoms with Crippen molar-refractivity contribution in [2.75, 3.05) is 18.4 Å². The van der Waals surface area contributed by atoms with Gasteiger partial charge in [0.1, 0.15) is 5.82 Å². The van der Waals surface area contributed by atoms with Gasteiger partial charge in [-0.15, -0.1) is 0 Å². The molecule has 3 N–H and O–H groups in total. The maximum atomic E-state index is 11.9. The Bertz CT molecular complexity index is 597. The van der Waals surface area contributed by atoms with Gasteiger partial charge in [0.05, 0.1) is 6.42 Å². The van der Waals surface area contributed by atoms with Gasteiger partial charge in [0, 0.05) is 24.7 Å². The summed E-state index contributed by atoms with van der Waals surface area (Å²) in [6, 6.07) is 4.27. The summed E-state index contributed by atoms with van der Waals surface area (Å²) in [5.74, 6) is 0.659. The number of carboxylic acids is 1. The number of amides is 1. The molecular weight excluding hydrogens is 294 g/mol. The number of aryl methyl sites for hydroxylation is 1. The lowest BCUT2D eigenvalue weighted by molar-refractivity contribution is -0.137. The molecule has 1 aromatic heterocycles. The molecule has 2 heterocycles. The molecule has 23 heavy (non-hydrogen) atoms. The van der Waals surface area contributed by atoms with E-state index in [1.54, 1.807) is 0 Å². The monoisotopic (exact) mass is 317 g/mol. The molecule has 1 aliphatic heterocycles. The number of aliphatic carboxylic acids is 1. The number of rotatable bonds is 6. The topological polar surface area (TPSA) is 91.3 Å².